The van der Waals surface area contributed by atoms with Crippen LogP contribution in [0.3, 0.4) is 0 Å². The first-order chi connectivity index (χ1) is 12.4. The van der Waals surface area contributed by atoms with E-state index in [9.17, 15) is 57.3 Å². The lowest BCUT2D eigenvalue weighted by Crippen LogP contribution is -2.63. The van der Waals surface area contributed by atoms with Crippen molar-refractivity contribution in [3.63, 3.8) is 0 Å². The fraction of sp³-hybridized carbons (Fsp3) is 0.929. The summed E-state index contributed by atoms with van der Waals surface area (Å²) >= 11 is 0. The largest absolute Gasteiger partial charge is 0.743 e. The Morgan fingerprint density at radius 1 is 0.897 bits per heavy atom. The molecule has 0 aliphatic carbocycles. The second-order valence-corrected chi connectivity index (χ2v) is 11.0. The summed E-state index contributed by atoms with van der Waals surface area (Å²) < 4.78 is 136. The normalized spacial score (nSPS) is 15.4. The average molecular weight is 488 g/mol. The first-order valence-electron chi connectivity index (χ1n) is 7.67. The Kier molecular flexibility index (Phi) is 10.1. The summed E-state index contributed by atoms with van der Waals surface area (Å²) in [5.41, 5.74) is 0. The number of hydrogen-bond donors (Lipinski definition) is 0. The van der Waals surface area contributed by atoms with Gasteiger partial charge in [-0.05, 0) is 38.1 Å². The third-order valence-electron chi connectivity index (χ3n) is 3.38. The van der Waals surface area contributed by atoms with Crippen molar-refractivity contribution in [3.05, 3.63) is 0 Å². The molecule has 0 aromatic rings. The van der Waals surface area contributed by atoms with Crippen LogP contribution in [0.25, 0.3) is 0 Å². The molecule has 0 aromatic heterocycles. The van der Waals surface area contributed by atoms with Gasteiger partial charge in [-0.15, -0.1) is 0 Å². The average Bonchev–Trinajstić information content (AvgIpc) is 2.44. The van der Waals surface area contributed by atoms with E-state index in [4.69, 9.17) is 0 Å². The fourth-order valence-electron chi connectivity index (χ4n) is 1.33. The van der Waals surface area contributed by atoms with Gasteiger partial charge in [0.1, 0.15) is 4.75 Å². The molecule has 0 rings (SSSR count). The van der Waals surface area contributed by atoms with E-state index < -0.39 is 33.4 Å². The van der Waals surface area contributed by atoms with Gasteiger partial charge in [-0.25, -0.2) is 8.42 Å². The van der Waals surface area contributed by atoms with E-state index in [0.717, 1.165) is 18.6 Å². The second-order valence-electron chi connectivity index (χ2n) is 6.80. The molecular formula is C14H21F9O4S2. The Morgan fingerprint density at radius 3 is 1.52 bits per heavy atom. The molecule has 0 aromatic carbocycles. The van der Waals surface area contributed by atoms with Crippen LogP contribution >= 0.6 is 0 Å². The maximum absolute atomic E-state index is 12.2. The highest BCUT2D eigenvalue weighted by Crippen LogP contribution is 2.54. The number of halogens is 9. The number of carbonyl (C=O) groups excluding carboxylic acids is 1. The number of hydrogen-bond acceptors (Lipinski definition) is 4. The third kappa shape index (κ3) is 7.49. The van der Waals surface area contributed by atoms with Crippen molar-refractivity contribution in [3.8, 4) is 0 Å². The van der Waals surface area contributed by atoms with Crippen LogP contribution in [0.5, 0.6) is 0 Å². The maximum atomic E-state index is 12.2. The summed E-state index contributed by atoms with van der Waals surface area (Å²) in [6, 6.07) is 0. The van der Waals surface area contributed by atoms with E-state index in [1.165, 1.54) is 0 Å². The lowest BCUT2D eigenvalue weighted by atomic mass is 10.1. The van der Waals surface area contributed by atoms with Gasteiger partial charge in [-0.1, -0.05) is 6.92 Å². The van der Waals surface area contributed by atoms with E-state index in [1.807, 2.05) is 0 Å². The van der Waals surface area contributed by atoms with Crippen LogP contribution in [-0.4, -0.2) is 58.8 Å². The van der Waals surface area contributed by atoms with Gasteiger partial charge >= 0.3 is 23.3 Å². The Balaban J connectivity index is 0. The second kappa shape index (κ2) is 9.62. The van der Waals surface area contributed by atoms with Crippen LogP contribution < -0.4 is 0 Å². The number of carbonyl (C=O) groups is 1. The third-order valence-corrected chi connectivity index (χ3v) is 7.11. The predicted molar refractivity (Wildman–Crippen MR) is 88.4 cm³/mol. The lowest BCUT2D eigenvalue weighted by molar-refractivity contribution is -0.382. The Morgan fingerprint density at radius 2 is 1.28 bits per heavy atom. The quantitative estimate of drug-likeness (QED) is 0.303. The summed E-state index contributed by atoms with van der Waals surface area (Å²) in [4.78, 5) is 11.3. The maximum Gasteiger partial charge on any atom is 0.460 e. The van der Waals surface area contributed by atoms with Crippen LogP contribution in [0, 0.1) is 0 Å². The molecule has 0 aliphatic rings. The molecule has 1 atom stereocenters. The van der Waals surface area contributed by atoms with Gasteiger partial charge in [0.05, 0.1) is 6.26 Å². The molecule has 4 nitrogen and oxygen atoms in total. The van der Waals surface area contributed by atoms with Crippen LogP contribution in [0.2, 0.25) is 0 Å². The van der Waals surface area contributed by atoms with Crippen LogP contribution in [0.1, 0.15) is 40.5 Å². The van der Waals surface area contributed by atoms with Crippen molar-refractivity contribution in [1.29, 1.82) is 0 Å². The standard InChI is InChI=1S/C10H21OS.C4HF9O3S/c1-6-7-9(11)8-12(5)10(2,3)4;5-1(6,3(9,10)11)2(7,8)4(12,13)17(14,15)16/h6-8H2,1-5H3;(H,14,15,16)/q+1;/p-1. The van der Waals surface area contributed by atoms with Gasteiger partial charge in [0.2, 0.25) is 0 Å². The molecule has 0 aliphatic heterocycles. The van der Waals surface area contributed by atoms with Gasteiger partial charge in [0, 0.05) is 6.42 Å². The molecule has 0 radical (unpaired) electrons. The van der Waals surface area contributed by atoms with Crippen LogP contribution in [0.15, 0.2) is 0 Å². The van der Waals surface area contributed by atoms with E-state index in [2.05, 4.69) is 34.0 Å². The Hall–Kier alpha value is -0.700. The van der Waals surface area contributed by atoms with E-state index >= 15 is 0 Å². The summed E-state index contributed by atoms with van der Waals surface area (Å²) in [6.45, 7) is 8.67. The molecule has 1 unspecified atom stereocenters. The van der Waals surface area contributed by atoms with Crippen molar-refractivity contribution in [1.82, 2.24) is 0 Å². The van der Waals surface area contributed by atoms with Gasteiger partial charge < -0.3 is 4.55 Å². The zero-order chi connectivity index (χ0) is 24.3. The molecule has 0 saturated carbocycles. The van der Waals surface area contributed by atoms with E-state index in [1.54, 1.807) is 0 Å². The highest BCUT2D eigenvalue weighted by Gasteiger charge is 2.83. The molecule has 15 heteroatoms. The van der Waals surface area contributed by atoms with E-state index in [-0.39, 0.29) is 10.9 Å². The molecule has 0 heterocycles. The van der Waals surface area contributed by atoms with Crippen molar-refractivity contribution in [2.75, 3.05) is 12.0 Å². The molecule has 0 fully saturated rings. The topological polar surface area (TPSA) is 74.3 Å². The minimum atomic E-state index is -7.43. The van der Waals surface area contributed by atoms with Gasteiger partial charge in [0.15, 0.2) is 21.7 Å². The minimum Gasteiger partial charge on any atom is -0.743 e. The lowest BCUT2D eigenvalue weighted by Gasteiger charge is -2.34. The van der Waals surface area contributed by atoms with Crippen molar-refractivity contribution < 1.29 is 57.3 Å². The smallest absolute Gasteiger partial charge is 0.460 e. The zero-order valence-corrected chi connectivity index (χ0v) is 17.6. The molecule has 0 spiro atoms. The zero-order valence-electron chi connectivity index (χ0n) is 16.0. The van der Waals surface area contributed by atoms with Crippen molar-refractivity contribution in [2.45, 2.75) is 68.6 Å². The van der Waals surface area contributed by atoms with Crippen molar-refractivity contribution >= 4 is 26.8 Å². The first kappa shape index (κ1) is 30.5. The van der Waals surface area contributed by atoms with Gasteiger partial charge in [-0.3, -0.25) is 4.79 Å². The highest BCUT2D eigenvalue weighted by molar-refractivity contribution is 7.98. The van der Waals surface area contributed by atoms with Crippen LogP contribution in [-0.2, 0) is 25.8 Å². The Labute approximate surface area is 165 Å². The van der Waals surface area contributed by atoms with Gasteiger partial charge in [-0.2, -0.15) is 39.5 Å². The van der Waals surface area contributed by atoms with E-state index in [0.29, 0.717) is 10.5 Å². The number of alkyl halides is 9. The fourth-order valence-corrected chi connectivity index (χ4v) is 2.83. The summed E-state index contributed by atoms with van der Waals surface area (Å²) in [5.74, 6) is -13.6. The summed E-state index contributed by atoms with van der Waals surface area (Å²) in [6.07, 6.45) is -3.23. The molecule has 0 bridgehead atoms. The molecule has 0 amide bonds. The Bertz CT molecular complexity index is 653. The molecule has 29 heavy (non-hydrogen) atoms. The predicted octanol–water partition coefficient (Wildman–Crippen LogP) is 4.36. The molecule has 0 saturated heterocycles. The number of ketones is 1. The number of Topliss-reactive ketones (excluding diaryl/α,β-unsaturated/α-hetero) is 1. The minimum absolute atomic E-state index is 0.232. The summed E-state index contributed by atoms with van der Waals surface area (Å²) in [7, 11) is -7.19. The first-order valence-corrected chi connectivity index (χ1v) is 10.9. The van der Waals surface area contributed by atoms with Gasteiger partial charge in [0.25, 0.3) is 0 Å². The highest BCUT2D eigenvalue weighted by atomic mass is 32.2. The molecular weight excluding hydrogens is 467 g/mol. The monoisotopic (exact) mass is 488 g/mol. The van der Waals surface area contributed by atoms with Crippen molar-refractivity contribution in [2.24, 2.45) is 0 Å². The molecule has 176 valence electrons. The SMILES string of the molecule is CCCC(=O)C[S+](C)C(C)(C)C.O=S(=O)([O-])C(F)(F)C(F)(F)C(F)(F)C(F)(F)F. The summed E-state index contributed by atoms with van der Waals surface area (Å²) in [5, 5.41) is -7.11. The van der Waals surface area contributed by atoms with Crippen LogP contribution in [0.4, 0.5) is 39.5 Å². The molecule has 0 N–H and O–H groups in total. The number of rotatable bonds is 7.